The van der Waals surface area contributed by atoms with Crippen molar-refractivity contribution in [3.05, 3.63) is 28.8 Å². The average molecular weight is 294 g/mol. The second-order valence-electron chi connectivity index (χ2n) is 4.52. The van der Waals surface area contributed by atoms with Gasteiger partial charge in [0.25, 0.3) is 0 Å². The Bertz CT molecular complexity index is 597. The third kappa shape index (κ3) is 3.48. The molecule has 0 unspecified atom stereocenters. The van der Waals surface area contributed by atoms with E-state index in [4.69, 9.17) is 22.1 Å². The number of aromatic nitrogens is 3. The predicted octanol–water partition coefficient (Wildman–Crippen LogP) is 2.95. The summed E-state index contributed by atoms with van der Waals surface area (Å²) in [6, 6.07) is 5.77. The fourth-order valence-corrected chi connectivity index (χ4v) is 1.86. The summed E-state index contributed by atoms with van der Waals surface area (Å²) in [5, 5.41) is 3.62. The van der Waals surface area contributed by atoms with Gasteiger partial charge in [-0.1, -0.05) is 23.7 Å². The zero-order valence-electron chi connectivity index (χ0n) is 11.5. The van der Waals surface area contributed by atoms with Gasteiger partial charge in [-0.15, -0.1) is 0 Å². The molecule has 1 heterocycles. The third-order valence-electron chi connectivity index (χ3n) is 2.43. The van der Waals surface area contributed by atoms with Crippen LogP contribution < -0.4 is 15.8 Å². The molecule has 0 atom stereocenters. The first-order valence-corrected chi connectivity index (χ1v) is 6.54. The van der Waals surface area contributed by atoms with E-state index in [1.807, 2.05) is 32.9 Å². The molecule has 0 aliphatic heterocycles. The first-order valence-electron chi connectivity index (χ1n) is 6.16. The second kappa shape index (κ2) is 5.92. The van der Waals surface area contributed by atoms with Crippen molar-refractivity contribution in [3.8, 4) is 6.01 Å². The summed E-state index contributed by atoms with van der Waals surface area (Å²) >= 11 is 6.15. The topological polar surface area (TPSA) is 86.0 Å². The highest BCUT2D eigenvalue weighted by atomic mass is 35.5. The van der Waals surface area contributed by atoms with Gasteiger partial charge in [-0.2, -0.15) is 15.0 Å². The maximum absolute atomic E-state index is 6.15. The predicted molar refractivity (Wildman–Crippen MR) is 79.5 cm³/mol. The molecule has 0 saturated carbocycles. The van der Waals surface area contributed by atoms with Crippen LogP contribution in [0.1, 0.15) is 19.4 Å². The van der Waals surface area contributed by atoms with E-state index in [1.54, 1.807) is 6.07 Å². The van der Waals surface area contributed by atoms with Crippen molar-refractivity contribution in [3.63, 3.8) is 0 Å². The number of halogens is 1. The third-order valence-corrected chi connectivity index (χ3v) is 2.75. The van der Waals surface area contributed by atoms with Crippen LogP contribution >= 0.6 is 11.6 Å². The molecule has 3 N–H and O–H groups in total. The first kappa shape index (κ1) is 14.3. The van der Waals surface area contributed by atoms with Gasteiger partial charge in [0, 0.05) is 0 Å². The molecule has 0 bridgehead atoms. The SMILES string of the molecule is Cc1cccc(Cl)c1Nc1nc(N)nc(OC(C)C)n1. The average Bonchev–Trinajstić information content (AvgIpc) is 2.32. The van der Waals surface area contributed by atoms with Crippen molar-refractivity contribution in [1.29, 1.82) is 0 Å². The Balaban J connectivity index is 2.31. The maximum atomic E-state index is 6.15. The minimum atomic E-state index is -0.0494. The molecule has 2 aromatic rings. The first-order chi connectivity index (χ1) is 9.45. The quantitative estimate of drug-likeness (QED) is 0.901. The fourth-order valence-electron chi connectivity index (χ4n) is 1.59. The number of rotatable bonds is 4. The molecule has 0 aliphatic carbocycles. The monoisotopic (exact) mass is 293 g/mol. The minimum absolute atomic E-state index is 0.0494. The summed E-state index contributed by atoms with van der Waals surface area (Å²) < 4.78 is 5.42. The molecule has 0 radical (unpaired) electrons. The molecule has 0 amide bonds. The van der Waals surface area contributed by atoms with Gasteiger partial charge < -0.3 is 15.8 Å². The normalized spacial score (nSPS) is 10.7. The number of benzene rings is 1. The van der Waals surface area contributed by atoms with E-state index in [0.29, 0.717) is 11.0 Å². The number of aryl methyl sites for hydroxylation is 1. The molecule has 2 rings (SSSR count). The van der Waals surface area contributed by atoms with E-state index in [9.17, 15) is 0 Å². The number of para-hydroxylation sites is 1. The van der Waals surface area contributed by atoms with Crippen molar-refractivity contribution in [2.24, 2.45) is 0 Å². The molecule has 106 valence electrons. The molecule has 20 heavy (non-hydrogen) atoms. The molecule has 7 heteroatoms. The van der Waals surface area contributed by atoms with Crippen LogP contribution in [0.2, 0.25) is 5.02 Å². The highest BCUT2D eigenvalue weighted by Crippen LogP contribution is 2.27. The second-order valence-corrected chi connectivity index (χ2v) is 4.93. The van der Waals surface area contributed by atoms with E-state index in [-0.39, 0.29) is 18.1 Å². The van der Waals surface area contributed by atoms with Crippen molar-refractivity contribution in [2.45, 2.75) is 26.9 Å². The summed E-state index contributed by atoms with van der Waals surface area (Å²) in [4.78, 5) is 12.1. The summed E-state index contributed by atoms with van der Waals surface area (Å²) in [5.74, 6) is 0.382. The van der Waals surface area contributed by atoms with Crippen molar-refractivity contribution < 1.29 is 4.74 Å². The van der Waals surface area contributed by atoms with Crippen LogP contribution in [0.5, 0.6) is 6.01 Å². The van der Waals surface area contributed by atoms with Crippen LogP contribution in [0.15, 0.2) is 18.2 Å². The molecule has 0 aliphatic rings. The molecular weight excluding hydrogens is 278 g/mol. The number of ether oxygens (including phenoxy) is 1. The maximum Gasteiger partial charge on any atom is 0.323 e. The van der Waals surface area contributed by atoms with E-state index >= 15 is 0 Å². The smallest absolute Gasteiger partial charge is 0.323 e. The number of nitrogen functional groups attached to an aromatic ring is 1. The van der Waals surface area contributed by atoms with Gasteiger partial charge in [0.15, 0.2) is 0 Å². The lowest BCUT2D eigenvalue weighted by molar-refractivity contribution is 0.222. The van der Waals surface area contributed by atoms with Crippen molar-refractivity contribution in [2.75, 3.05) is 11.1 Å². The Morgan fingerprint density at radius 3 is 2.65 bits per heavy atom. The van der Waals surface area contributed by atoms with Crippen LogP contribution in [0.4, 0.5) is 17.6 Å². The Morgan fingerprint density at radius 1 is 1.25 bits per heavy atom. The standard InChI is InChI=1S/C13H16ClN5O/c1-7(2)20-13-18-11(15)17-12(19-13)16-10-8(3)5-4-6-9(10)14/h4-7H,1-3H3,(H3,15,16,17,18,19). The van der Waals surface area contributed by atoms with Gasteiger partial charge in [0.1, 0.15) is 0 Å². The number of hydrogen-bond donors (Lipinski definition) is 2. The van der Waals surface area contributed by atoms with Crippen LogP contribution in [-0.4, -0.2) is 21.1 Å². The molecular formula is C13H16ClN5O. The highest BCUT2D eigenvalue weighted by molar-refractivity contribution is 6.33. The largest absolute Gasteiger partial charge is 0.461 e. The van der Waals surface area contributed by atoms with E-state index in [1.165, 1.54) is 0 Å². The van der Waals surface area contributed by atoms with Crippen molar-refractivity contribution >= 4 is 29.2 Å². The Labute approximate surface area is 122 Å². The van der Waals surface area contributed by atoms with Gasteiger partial charge >= 0.3 is 6.01 Å². The number of anilines is 3. The highest BCUT2D eigenvalue weighted by Gasteiger charge is 2.10. The van der Waals surface area contributed by atoms with E-state index in [0.717, 1.165) is 11.3 Å². The molecule has 0 saturated heterocycles. The lowest BCUT2D eigenvalue weighted by Gasteiger charge is -2.12. The van der Waals surface area contributed by atoms with E-state index < -0.39 is 0 Å². The van der Waals surface area contributed by atoms with Crippen LogP contribution in [0, 0.1) is 6.92 Å². The summed E-state index contributed by atoms with van der Waals surface area (Å²) in [6.45, 7) is 5.70. The van der Waals surface area contributed by atoms with Gasteiger partial charge in [-0.3, -0.25) is 0 Å². The number of hydrogen-bond acceptors (Lipinski definition) is 6. The molecule has 0 fully saturated rings. The van der Waals surface area contributed by atoms with Crippen LogP contribution in [-0.2, 0) is 0 Å². The lowest BCUT2D eigenvalue weighted by Crippen LogP contribution is -2.12. The van der Waals surface area contributed by atoms with E-state index in [2.05, 4.69) is 20.3 Å². The fraction of sp³-hybridized carbons (Fsp3) is 0.308. The number of nitrogens with one attached hydrogen (secondary N) is 1. The molecule has 6 nitrogen and oxygen atoms in total. The zero-order chi connectivity index (χ0) is 14.7. The minimum Gasteiger partial charge on any atom is -0.461 e. The summed E-state index contributed by atoms with van der Waals surface area (Å²) in [6.07, 6.45) is -0.0494. The van der Waals surface area contributed by atoms with Gasteiger partial charge in [-0.05, 0) is 32.4 Å². The van der Waals surface area contributed by atoms with Gasteiger partial charge in [0.2, 0.25) is 11.9 Å². The summed E-state index contributed by atoms with van der Waals surface area (Å²) in [7, 11) is 0. The Morgan fingerprint density at radius 2 is 2.00 bits per heavy atom. The number of nitrogens with two attached hydrogens (primary N) is 1. The zero-order valence-corrected chi connectivity index (χ0v) is 12.3. The molecule has 1 aromatic heterocycles. The molecule has 1 aromatic carbocycles. The van der Waals surface area contributed by atoms with Crippen LogP contribution in [0.25, 0.3) is 0 Å². The summed E-state index contributed by atoms with van der Waals surface area (Å²) in [5.41, 5.74) is 7.36. The van der Waals surface area contributed by atoms with Crippen LogP contribution in [0.3, 0.4) is 0 Å². The Kier molecular flexibility index (Phi) is 4.24. The lowest BCUT2D eigenvalue weighted by atomic mass is 10.2. The van der Waals surface area contributed by atoms with Crippen molar-refractivity contribution in [1.82, 2.24) is 15.0 Å². The number of nitrogens with zero attached hydrogens (tertiary/aromatic N) is 3. The van der Waals surface area contributed by atoms with Gasteiger partial charge in [-0.25, -0.2) is 0 Å². The van der Waals surface area contributed by atoms with Gasteiger partial charge in [0.05, 0.1) is 16.8 Å². The molecule has 0 spiro atoms. The Hall–Kier alpha value is -2.08.